The second-order valence-corrected chi connectivity index (χ2v) is 22.4. The van der Waals surface area contributed by atoms with Crippen LogP contribution >= 0.6 is 35.6 Å². The third-order valence-electron chi connectivity index (χ3n) is 7.60. The van der Waals surface area contributed by atoms with E-state index in [9.17, 15) is 0 Å². The van der Waals surface area contributed by atoms with Crippen LogP contribution in [0.4, 0.5) is 20.4 Å². The van der Waals surface area contributed by atoms with E-state index in [1.54, 1.807) is 0 Å². The minimum absolute atomic E-state index is 0.0454. The van der Waals surface area contributed by atoms with Gasteiger partial charge in [-0.2, -0.15) is 0 Å². The minimum atomic E-state index is -3.19. The van der Waals surface area contributed by atoms with Crippen LogP contribution in [0.2, 0.25) is 0 Å². The minimum Gasteiger partial charge on any atom is -0.382 e. The number of anilines is 2. The van der Waals surface area contributed by atoms with Crippen molar-refractivity contribution in [1.29, 1.82) is 0 Å². The Labute approximate surface area is 268 Å². The number of alkyl halides is 2. The lowest BCUT2D eigenvalue weighted by Gasteiger charge is -2.31. The van der Waals surface area contributed by atoms with E-state index in [2.05, 4.69) is 59.5 Å². The number of fused-ring (bicyclic) bond motifs is 4. The Hall–Kier alpha value is -1.64. The summed E-state index contributed by atoms with van der Waals surface area (Å²) in [5.41, 5.74) is 6.84. The number of nitrogen functional groups attached to an aromatic ring is 2. The summed E-state index contributed by atoms with van der Waals surface area (Å²) in [6.07, 6.45) is -4.16. The summed E-state index contributed by atoms with van der Waals surface area (Å²) in [4.78, 5) is 24.7. The molecule has 0 amide bonds. The van der Waals surface area contributed by atoms with Crippen molar-refractivity contribution in [3.05, 3.63) is 25.3 Å². The summed E-state index contributed by atoms with van der Waals surface area (Å²) < 4.78 is 59.8. The highest BCUT2D eigenvalue weighted by molar-refractivity contribution is 8.61. The van der Waals surface area contributed by atoms with E-state index < -0.39 is 60.3 Å². The van der Waals surface area contributed by atoms with Gasteiger partial charge in [-0.15, -0.1) is 24.5 Å². The molecular formula is C21H25F2N11O4P2S4. The molecule has 4 aromatic rings. The highest BCUT2D eigenvalue weighted by Gasteiger charge is 2.52. The first-order valence-corrected chi connectivity index (χ1v) is 21.1. The van der Waals surface area contributed by atoms with Crippen molar-refractivity contribution in [3.8, 4) is 0 Å². The summed E-state index contributed by atoms with van der Waals surface area (Å²) in [6.45, 7) is -0.0454. The number of nitrogens with zero attached hydrogens (tertiary/aromatic N) is 8. The number of halogens is 2. The van der Waals surface area contributed by atoms with Crippen LogP contribution in [-0.4, -0.2) is 88.5 Å². The summed E-state index contributed by atoms with van der Waals surface area (Å²) in [5.74, 6) is 0.290. The van der Waals surface area contributed by atoms with Gasteiger partial charge in [0.05, 0.1) is 18.8 Å². The van der Waals surface area contributed by atoms with Gasteiger partial charge in [0.15, 0.2) is 53.3 Å². The average Bonchev–Trinajstić information content (AvgIpc) is 3.73. The average molecular weight is 724 g/mol. The van der Waals surface area contributed by atoms with E-state index in [4.69, 9.17) is 53.6 Å². The number of nitrogens with one attached hydrogen (secondary N) is 1. The lowest BCUT2D eigenvalue weighted by molar-refractivity contribution is -0.0227. The normalized spacial score (nSPS) is 38.3. The molecule has 3 aliphatic rings. The largest absolute Gasteiger partial charge is 0.382 e. The van der Waals surface area contributed by atoms with Gasteiger partial charge in [0.1, 0.15) is 47.5 Å². The smallest absolute Gasteiger partial charge is 0.183 e. The molecule has 7 rings (SSSR count). The Morgan fingerprint density at radius 1 is 0.818 bits per heavy atom. The van der Waals surface area contributed by atoms with Crippen molar-refractivity contribution in [2.45, 2.75) is 55.6 Å². The molecule has 236 valence electrons. The van der Waals surface area contributed by atoms with Gasteiger partial charge in [0, 0.05) is 12.7 Å². The molecule has 0 saturated carbocycles. The van der Waals surface area contributed by atoms with Crippen LogP contribution in [0, 0.1) is 0 Å². The van der Waals surface area contributed by atoms with Crippen LogP contribution in [0.25, 0.3) is 22.3 Å². The predicted molar refractivity (Wildman–Crippen MR) is 171 cm³/mol. The standard InChI is InChI=1S/C21H25F2N11O4P2S4/c22-10-14-8(35-20(10)33-6-30-12-16(24)26-4-28-18(12)33)1-2-39(41,42)37-15-9(3-32-40(43,44)38-14)36-21(11(15)23)34-7-31-13-17(25)27-5-29-19(13)34/h4-11,14-15,20-21H,1-3H2,(H,41,42)(H2,24,26,28)(H2,25,27,29)(H2,32,43,44)/t8-,9-,10-,11-,14-,15-,20-,21?/m1/s1. The van der Waals surface area contributed by atoms with Crippen LogP contribution in [0.1, 0.15) is 18.9 Å². The molecule has 0 aromatic carbocycles. The first-order valence-electron chi connectivity index (χ1n) is 13.1. The van der Waals surface area contributed by atoms with Crippen LogP contribution in [-0.2, 0) is 42.1 Å². The van der Waals surface area contributed by atoms with Gasteiger partial charge in [-0.1, -0.05) is 11.8 Å². The molecule has 0 aliphatic carbocycles. The molecule has 44 heavy (non-hydrogen) atoms. The van der Waals surface area contributed by atoms with Gasteiger partial charge in [0.2, 0.25) is 0 Å². The van der Waals surface area contributed by atoms with Crippen molar-refractivity contribution in [2.75, 3.05) is 24.2 Å². The molecule has 15 nitrogen and oxygen atoms in total. The fraction of sp³-hybridized carbons (Fsp3) is 0.524. The molecule has 0 radical (unpaired) electrons. The number of aromatic nitrogens is 8. The molecule has 3 unspecified atom stereocenters. The number of nitrogens with two attached hydrogens (primary N) is 2. The van der Waals surface area contributed by atoms with Crippen molar-refractivity contribution >= 4 is 93.2 Å². The van der Waals surface area contributed by atoms with Crippen LogP contribution in [0.5, 0.6) is 0 Å². The Balaban J connectivity index is 1.17. The third kappa shape index (κ3) is 5.53. The van der Waals surface area contributed by atoms with E-state index in [1.807, 2.05) is 0 Å². The SMILES string of the molecule is Nc1ncnc2c1ncn2C1O[C@@H]2CNP(=S)(S)O[C@H]3[C@@H](F)[C@H](n4cnc5c(N)ncnc54)O[C@@H]3CCP(=S)(S)O[C@H]2[C@H]1F. The second-order valence-electron chi connectivity index (χ2n) is 10.4. The first kappa shape index (κ1) is 31.0. The topological polar surface area (TPSA) is 188 Å². The van der Waals surface area contributed by atoms with Crippen LogP contribution < -0.4 is 16.6 Å². The van der Waals surface area contributed by atoms with Gasteiger partial charge in [-0.3, -0.25) is 14.2 Å². The molecule has 7 heterocycles. The Bertz CT molecular complexity index is 1710. The van der Waals surface area contributed by atoms with E-state index in [0.717, 1.165) is 0 Å². The highest BCUT2D eigenvalue weighted by Crippen LogP contribution is 2.59. The Morgan fingerprint density at radius 2 is 1.34 bits per heavy atom. The molecule has 4 aromatic heterocycles. The summed E-state index contributed by atoms with van der Waals surface area (Å²) >= 11 is 20.6. The number of ether oxygens (including phenoxy) is 2. The van der Waals surface area contributed by atoms with Gasteiger partial charge in [-0.25, -0.2) is 38.7 Å². The van der Waals surface area contributed by atoms with Crippen LogP contribution in [0.15, 0.2) is 25.3 Å². The van der Waals surface area contributed by atoms with Crippen molar-refractivity contribution in [2.24, 2.45) is 0 Å². The van der Waals surface area contributed by atoms with E-state index in [0.29, 0.717) is 16.7 Å². The van der Waals surface area contributed by atoms with Crippen molar-refractivity contribution in [3.63, 3.8) is 0 Å². The lowest BCUT2D eigenvalue weighted by atomic mass is 10.1. The molecule has 0 spiro atoms. The number of hydrogen-bond acceptors (Lipinski definition) is 14. The number of hydrogen-bond donors (Lipinski definition) is 5. The van der Waals surface area contributed by atoms with Crippen LogP contribution in [0.3, 0.4) is 0 Å². The summed E-state index contributed by atoms with van der Waals surface area (Å²) in [7, 11) is 0. The molecule has 23 heteroatoms. The van der Waals surface area contributed by atoms with E-state index >= 15 is 8.78 Å². The predicted octanol–water partition coefficient (Wildman–Crippen LogP) is 2.46. The molecule has 3 fully saturated rings. The molecular weight excluding hydrogens is 699 g/mol. The maximum absolute atomic E-state index is 16.2. The zero-order chi connectivity index (χ0) is 31.0. The molecule has 3 aliphatic heterocycles. The molecule has 3 saturated heterocycles. The van der Waals surface area contributed by atoms with Gasteiger partial charge in [-0.05, 0) is 18.2 Å². The van der Waals surface area contributed by atoms with Gasteiger partial charge < -0.3 is 30.0 Å². The monoisotopic (exact) mass is 723 g/mol. The fourth-order valence-electron chi connectivity index (χ4n) is 5.54. The maximum atomic E-state index is 16.2. The fourth-order valence-corrected chi connectivity index (χ4v) is 10.3. The summed E-state index contributed by atoms with van der Waals surface area (Å²) in [5, 5.41) is 3.03. The Kier molecular flexibility index (Phi) is 8.14. The quantitative estimate of drug-likeness (QED) is 0.150. The maximum Gasteiger partial charge on any atom is 0.183 e. The summed E-state index contributed by atoms with van der Waals surface area (Å²) in [6, 6.07) is 0. The molecule has 0 bridgehead atoms. The Morgan fingerprint density at radius 3 is 1.91 bits per heavy atom. The van der Waals surface area contributed by atoms with E-state index in [-0.39, 0.29) is 36.4 Å². The number of thiol groups is 2. The number of imidazole rings is 2. The zero-order valence-corrected chi connectivity index (χ0v) is 27.5. The van der Waals surface area contributed by atoms with Gasteiger partial charge >= 0.3 is 0 Å². The van der Waals surface area contributed by atoms with Crippen molar-refractivity contribution < 1.29 is 27.3 Å². The second kappa shape index (κ2) is 11.6. The first-order chi connectivity index (χ1) is 20.9. The van der Waals surface area contributed by atoms with Crippen molar-refractivity contribution in [1.82, 2.24) is 44.1 Å². The lowest BCUT2D eigenvalue weighted by Crippen LogP contribution is -2.39. The van der Waals surface area contributed by atoms with E-state index in [1.165, 1.54) is 34.4 Å². The molecule has 10 atom stereocenters. The zero-order valence-electron chi connectivity index (χ0n) is 22.3. The van der Waals surface area contributed by atoms with Gasteiger partial charge in [0.25, 0.3) is 0 Å². The highest BCUT2D eigenvalue weighted by atomic mass is 32.9. The third-order valence-corrected chi connectivity index (χ3v) is 13.1. The molecule has 5 N–H and O–H groups in total. The number of rotatable bonds is 2.